The molecule has 0 bridgehead atoms. The number of nitrogens with zero attached hydrogens (tertiary/aromatic N) is 2. The van der Waals surface area contributed by atoms with Crippen molar-refractivity contribution in [2.24, 2.45) is 0 Å². The lowest BCUT2D eigenvalue weighted by molar-refractivity contribution is -0.137. The van der Waals surface area contributed by atoms with Crippen LogP contribution in [0.4, 0.5) is 18.9 Å². The van der Waals surface area contributed by atoms with Gasteiger partial charge in [-0.05, 0) is 40.2 Å². The highest BCUT2D eigenvalue weighted by molar-refractivity contribution is 9.10. The van der Waals surface area contributed by atoms with Gasteiger partial charge in [0.1, 0.15) is 11.3 Å². The van der Waals surface area contributed by atoms with Gasteiger partial charge in [0.2, 0.25) is 0 Å². The smallest absolute Gasteiger partial charge is 0.363 e. The quantitative estimate of drug-likeness (QED) is 0.433. The van der Waals surface area contributed by atoms with Gasteiger partial charge in [-0.15, -0.1) is 0 Å². The summed E-state index contributed by atoms with van der Waals surface area (Å²) < 4.78 is 58.5. The van der Waals surface area contributed by atoms with Gasteiger partial charge in [0.15, 0.2) is 11.0 Å². The van der Waals surface area contributed by atoms with E-state index in [-0.39, 0.29) is 16.6 Å². The Morgan fingerprint density at radius 3 is 2.60 bits per heavy atom. The summed E-state index contributed by atoms with van der Waals surface area (Å²) in [6.07, 6.45) is -3.30. The Bertz CT molecular complexity index is 808. The maximum absolute atomic E-state index is 13.0. The summed E-state index contributed by atoms with van der Waals surface area (Å²) in [7, 11) is -0.663. The molecule has 1 aromatic heterocycles. The maximum atomic E-state index is 13.0. The molecule has 25 heavy (non-hydrogen) atoms. The van der Waals surface area contributed by atoms with Crippen LogP contribution in [0.25, 0.3) is 0 Å². The van der Waals surface area contributed by atoms with Crippen LogP contribution in [0.5, 0.6) is 0 Å². The van der Waals surface area contributed by atoms with Crippen molar-refractivity contribution >= 4 is 55.8 Å². The van der Waals surface area contributed by atoms with Crippen molar-refractivity contribution in [3.63, 3.8) is 0 Å². The van der Waals surface area contributed by atoms with E-state index in [0.717, 1.165) is 12.1 Å². The molecule has 1 aromatic carbocycles. The molecule has 1 unspecified atom stereocenters. The molecular formula is C14H10BrCl2F3N2O2S. The Hall–Kier alpha value is -0.870. The van der Waals surface area contributed by atoms with E-state index in [0.29, 0.717) is 10.3 Å². The first kappa shape index (κ1) is 20.4. The van der Waals surface area contributed by atoms with E-state index >= 15 is 0 Å². The second-order valence-corrected chi connectivity index (χ2v) is 7.65. The summed E-state index contributed by atoms with van der Waals surface area (Å²) in [5.74, 6) is 0. The molecule has 136 valence electrons. The zero-order valence-electron chi connectivity index (χ0n) is 12.5. The molecule has 1 atom stereocenters. The first-order chi connectivity index (χ1) is 11.6. The van der Waals surface area contributed by atoms with Crippen LogP contribution in [-0.2, 0) is 21.9 Å². The van der Waals surface area contributed by atoms with Crippen molar-refractivity contribution < 1.29 is 22.1 Å². The summed E-state index contributed by atoms with van der Waals surface area (Å²) in [5.41, 5.74) is -0.767. The molecule has 0 radical (unpaired) electrons. The monoisotopic (exact) mass is 476 g/mol. The van der Waals surface area contributed by atoms with Crippen LogP contribution in [0, 0.1) is 0 Å². The van der Waals surface area contributed by atoms with Gasteiger partial charge in [0, 0.05) is 13.3 Å². The molecule has 0 saturated carbocycles. The van der Waals surface area contributed by atoms with E-state index in [1.807, 2.05) is 0 Å². The number of methoxy groups -OCH3 is 1. The van der Waals surface area contributed by atoms with Crippen molar-refractivity contribution in [1.29, 1.82) is 0 Å². The molecule has 2 aromatic rings. The number of rotatable bonds is 5. The number of hydrogen-bond donors (Lipinski definition) is 0. The molecule has 4 nitrogen and oxygen atoms in total. The second-order valence-electron chi connectivity index (χ2n) is 4.65. The van der Waals surface area contributed by atoms with Crippen molar-refractivity contribution in [2.45, 2.75) is 11.1 Å². The zero-order chi connectivity index (χ0) is 18.8. The SMILES string of the molecule is COCN(c1cc(Cl)cnc1Br)S(=O)c1ccc(Cl)c(C(F)(F)F)c1. The molecule has 0 spiro atoms. The third kappa shape index (κ3) is 4.85. The molecule has 0 fully saturated rings. The minimum Gasteiger partial charge on any atom is -0.363 e. The molecule has 2 rings (SSSR count). The first-order valence-corrected chi connectivity index (χ1v) is 9.17. The Kier molecular flexibility index (Phi) is 6.72. The van der Waals surface area contributed by atoms with Gasteiger partial charge in [-0.3, -0.25) is 4.31 Å². The summed E-state index contributed by atoms with van der Waals surface area (Å²) >= 11 is 14.7. The molecule has 0 amide bonds. The van der Waals surface area contributed by atoms with E-state index in [9.17, 15) is 17.4 Å². The minimum atomic E-state index is -4.67. The molecule has 0 saturated heterocycles. The van der Waals surface area contributed by atoms with Crippen molar-refractivity contribution in [3.8, 4) is 0 Å². The van der Waals surface area contributed by atoms with Gasteiger partial charge in [0.25, 0.3) is 0 Å². The van der Waals surface area contributed by atoms with Crippen LogP contribution in [0.15, 0.2) is 40.0 Å². The third-order valence-corrected chi connectivity index (χ3v) is 5.45. The number of aromatic nitrogens is 1. The van der Waals surface area contributed by atoms with E-state index in [1.54, 1.807) is 0 Å². The van der Waals surface area contributed by atoms with E-state index in [2.05, 4.69) is 20.9 Å². The van der Waals surface area contributed by atoms with Gasteiger partial charge in [-0.2, -0.15) is 13.2 Å². The van der Waals surface area contributed by atoms with Crippen LogP contribution < -0.4 is 4.31 Å². The van der Waals surface area contributed by atoms with Gasteiger partial charge < -0.3 is 4.74 Å². The number of benzene rings is 1. The molecular weight excluding hydrogens is 468 g/mol. The fraction of sp³-hybridized carbons (Fsp3) is 0.214. The highest BCUT2D eigenvalue weighted by atomic mass is 79.9. The molecule has 0 aliphatic heterocycles. The first-order valence-electron chi connectivity index (χ1n) is 6.51. The van der Waals surface area contributed by atoms with E-state index in [1.165, 1.54) is 29.7 Å². The van der Waals surface area contributed by atoms with Gasteiger partial charge in [-0.1, -0.05) is 23.2 Å². The molecule has 0 aliphatic rings. The maximum Gasteiger partial charge on any atom is 0.417 e. The average molecular weight is 478 g/mol. The predicted octanol–water partition coefficient (Wildman–Crippen LogP) is 5.30. The van der Waals surface area contributed by atoms with Gasteiger partial charge >= 0.3 is 6.18 Å². The van der Waals surface area contributed by atoms with Crippen LogP contribution in [0.1, 0.15) is 5.56 Å². The van der Waals surface area contributed by atoms with Gasteiger partial charge in [-0.25, -0.2) is 9.19 Å². The fourth-order valence-corrected chi connectivity index (χ4v) is 3.97. The fourth-order valence-electron chi connectivity index (χ4n) is 1.87. The van der Waals surface area contributed by atoms with Crippen LogP contribution in [0.3, 0.4) is 0 Å². The summed E-state index contributed by atoms with van der Waals surface area (Å²) in [4.78, 5) is 3.88. The molecule has 11 heteroatoms. The summed E-state index contributed by atoms with van der Waals surface area (Å²) in [6.45, 7) is -0.169. The molecule has 0 aliphatic carbocycles. The lowest BCUT2D eigenvalue weighted by Crippen LogP contribution is -2.28. The number of pyridine rings is 1. The number of ether oxygens (including phenoxy) is 1. The third-order valence-electron chi connectivity index (χ3n) is 2.95. The van der Waals surface area contributed by atoms with Crippen LogP contribution in [0.2, 0.25) is 10.0 Å². The Labute approximate surface area is 162 Å². The molecule has 1 heterocycles. The lowest BCUT2D eigenvalue weighted by Gasteiger charge is -2.23. The Morgan fingerprint density at radius 1 is 1.32 bits per heavy atom. The van der Waals surface area contributed by atoms with Crippen LogP contribution in [-0.4, -0.2) is 23.0 Å². The largest absolute Gasteiger partial charge is 0.417 e. The standard InChI is InChI=1S/C14H10BrCl2F3N2O2S/c1-24-7-22(12-4-8(16)6-21-13(12)15)25(23)9-2-3-11(17)10(5-9)14(18,19)20/h2-6H,7H2,1H3. The highest BCUT2D eigenvalue weighted by Gasteiger charge is 2.34. The Balaban J connectivity index is 2.50. The van der Waals surface area contributed by atoms with Crippen LogP contribution >= 0.6 is 39.1 Å². The van der Waals surface area contributed by atoms with Crippen molar-refractivity contribution in [1.82, 2.24) is 4.98 Å². The highest BCUT2D eigenvalue weighted by Crippen LogP contribution is 2.37. The summed E-state index contributed by atoms with van der Waals surface area (Å²) in [5, 5.41) is -0.208. The normalized spacial score (nSPS) is 12.9. The minimum absolute atomic E-state index is 0.0966. The second kappa shape index (κ2) is 8.22. The Morgan fingerprint density at radius 2 is 2.00 bits per heavy atom. The van der Waals surface area contributed by atoms with E-state index < -0.39 is 27.7 Å². The van der Waals surface area contributed by atoms with Gasteiger partial charge in [0.05, 0.1) is 26.2 Å². The summed E-state index contributed by atoms with van der Waals surface area (Å²) in [6, 6.07) is 4.51. The molecule has 0 N–H and O–H groups in total. The lowest BCUT2D eigenvalue weighted by atomic mass is 10.2. The number of anilines is 1. The topological polar surface area (TPSA) is 42.4 Å². The number of halogens is 6. The van der Waals surface area contributed by atoms with E-state index in [4.69, 9.17) is 27.9 Å². The number of hydrogen-bond acceptors (Lipinski definition) is 3. The average Bonchev–Trinajstić information content (AvgIpc) is 2.54. The van der Waals surface area contributed by atoms with Crippen molar-refractivity contribution in [2.75, 3.05) is 18.1 Å². The number of alkyl halides is 3. The predicted molar refractivity (Wildman–Crippen MR) is 94.2 cm³/mol. The zero-order valence-corrected chi connectivity index (χ0v) is 16.4. The van der Waals surface area contributed by atoms with Crippen molar-refractivity contribution in [3.05, 3.63) is 50.7 Å².